The molecule has 5 rings (SSSR count). The molecule has 3 saturated heterocycles. The SMILES string of the molecule is Cc1nc2ccc(C(=O)N[C@H]3CN4CCC3CC4)cc2o1. The lowest BCUT2D eigenvalue weighted by Gasteiger charge is -2.44. The van der Waals surface area contributed by atoms with E-state index in [1.807, 2.05) is 19.1 Å². The van der Waals surface area contributed by atoms with Crippen molar-refractivity contribution in [1.29, 1.82) is 0 Å². The molecular formula is C16H19N3O2. The first-order chi connectivity index (χ1) is 10.2. The highest BCUT2D eigenvalue weighted by Gasteiger charge is 2.34. The smallest absolute Gasteiger partial charge is 0.251 e. The van der Waals surface area contributed by atoms with Gasteiger partial charge in [0.25, 0.3) is 5.91 Å². The van der Waals surface area contributed by atoms with Crippen molar-refractivity contribution < 1.29 is 9.21 Å². The van der Waals surface area contributed by atoms with E-state index in [1.54, 1.807) is 6.07 Å². The van der Waals surface area contributed by atoms with E-state index < -0.39 is 0 Å². The first-order valence-corrected chi connectivity index (χ1v) is 7.59. The molecule has 2 aromatic rings. The second-order valence-electron chi connectivity index (χ2n) is 6.13. The van der Waals surface area contributed by atoms with Crippen LogP contribution in [0.15, 0.2) is 22.6 Å². The topological polar surface area (TPSA) is 58.4 Å². The Hall–Kier alpha value is -1.88. The fourth-order valence-corrected chi connectivity index (χ4v) is 3.56. The van der Waals surface area contributed by atoms with Crippen LogP contribution in [-0.4, -0.2) is 41.5 Å². The molecule has 1 aromatic heterocycles. The largest absolute Gasteiger partial charge is 0.441 e. The summed E-state index contributed by atoms with van der Waals surface area (Å²) in [5, 5.41) is 3.20. The lowest BCUT2D eigenvalue weighted by Crippen LogP contribution is -2.57. The van der Waals surface area contributed by atoms with Crippen LogP contribution < -0.4 is 5.32 Å². The van der Waals surface area contributed by atoms with Gasteiger partial charge in [-0.3, -0.25) is 4.79 Å². The molecule has 3 aliphatic heterocycles. The molecule has 3 aliphatic rings. The van der Waals surface area contributed by atoms with Gasteiger partial charge in [0.15, 0.2) is 11.5 Å². The minimum Gasteiger partial charge on any atom is -0.441 e. The second kappa shape index (κ2) is 4.84. The predicted molar refractivity (Wildman–Crippen MR) is 79.2 cm³/mol. The summed E-state index contributed by atoms with van der Waals surface area (Å²) in [7, 11) is 0. The second-order valence-corrected chi connectivity index (χ2v) is 6.13. The van der Waals surface area contributed by atoms with E-state index in [2.05, 4.69) is 15.2 Å². The van der Waals surface area contributed by atoms with Crippen molar-refractivity contribution in [3.63, 3.8) is 0 Å². The molecular weight excluding hydrogens is 266 g/mol. The number of fused-ring (bicyclic) bond motifs is 4. The number of aromatic nitrogens is 1. The van der Waals surface area contributed by atoms with Gasteiger partial charge in [-0.2, -0.15) is 0 Å². The van der Waals surface area contributed by atoms with E-state index >= 15 is 0 Å². The summed E-state index contributed by atoms with van der Waals surface area (Å²) in [5.41, 5.74) is 2.12. The quantitative estimate of drug-likeness (QED) is 0.916. The molecule has 21 heavy (non-hydrogen) atoms. The van der Waals surface area contributed by atoms with E-state index in [9.17, 15) is 4.79 Å². The highest BCUT2D eigenvalue weighted by molar-refractivity contribution is 5.97. The summed E-state index contributed by atoms with van der Waals surface area (Å²) >= 11 is 0. The van der Waals surface area contributed by atoms with Gasteiger partial charge < -0.3 is 14.6 Å². The summed E-state index contributed by atoms with van der Waals surface area (Å²) < 4.78 is 5.50. The molecule has 1 atom stereocenters. The molecule has 110 valence electrons. The third-order valence-electron chi connectivity index (χ3n) is 4.73. The maximum atomic E-state index is 12.4. The highest BCUT2D eigenvalue weighted by atomic mass is 16.3. The van der Waals surface area contributed by atoms with Crippen LogP contribution in [0.25, 0.3) is 11.1 Å². The summed E-state index contributed by atoms with van der Waals surface area (Å²) in [6.07, 6.45) is 2.40. The first kappa shape index (κ1) is 12.8. The summed E-state index contributed by atoms with van der Waals surface area (Å²) in [6.45, 7) is 5.16. The number of piperidine rings is 3. The molecule has 0 radical (unpaired) electrons. The number of aryl methyl sites for hydroxylation is 1. The van der Waals surface area contributed by atoms with Crippen molar-refractivity contribution in [2.24, 2.45) is 5.92 Å². The Morgan fingerprint density at radius 2 is 2.19 bits per heavy atom. The number of hydrogen-bond acceptors (Lipinski definition) is 4. The zero-order valence-corrected chi connectivity index (χ0v) is 12.1. The van der Waals surface area contributed by atoms with E-state index in [-0.39, 0.29) is 11.9 Å². The van der Waals surface area contributed by atoms with Gasteiger partial charge >= 0.3 is 0 Å². The van der Waals surface area contributed by atoms with Crippen molar-refractivity contribution in [2.45, 2.75) is 25.8 Å². The van der Waals surface area contributed by atoms with Gasteiger partial charge in [0, 0.05) is 25.1 Å². The van der Waals surface area contributed by atoms with Crippen LogP contribution in [0.4, 0.5) is 0 Å². The van der Waals surface area contributed by atoms with E-state index in [0.717, 1.165) is 12.1 Å². The number of carbonyl (C=O) groups excluding carboxylic acids is 1. The number of amides is 1. The number of benzene rings is 1. The van der Waals surface area contributed by atoms with Gasteiger partial charge in [-0.15, -0.1) is 0 Å². The fraction of sp³-hybridized carbons (Fsp3) is 0.500. The Balaban J connectivity index is 1.53. The standard InChI is InChI=1S/C16H19N3O2/c1-10-17-13-3-2-12(8-15(13)21-10)16(20)18-14-9-19-6-4-11(14)5-7-19/h2-3,8,11,14H,4-7,9H2,1H3,(H,18,20)/t14-/m0/s1. The third-order valence-corrected chi connectivity index (χ3v) is 4.73. The molecule has 0 aliphatic carbocycles. The minimum atomic E-state index is -0.00953. The molecule has 2 bridgehead atoms. The van der Waals surface area contributed by atoms with Crippen molar-refractivity contribution >= 4 is 17.0 Å². The number of carbonyl (C=O) groups is 1. The van der Waals surface area contributed by atoms with Gasteiger partial charge in [0.2, 0.25) is 0 Å². The molecule has 1 aromatic carbocycles. The maximum absolute atomic E-state index is 12.4. The Morgan fingerprint density at radius 3 is 2.90 bits per heavy atom. The van der Waals surface area contributed by atoms with Gasteiger partial charge in [0.1, 0.15) is 5.52 Å². The zero-order valence-electron chi connectivity index (χ0n) is 12.1. The highest BCUT2D eigenvalue weighted by Crippen LogP contribution is 2.27. The Labute approximate surface area is 123 Å². The number of hydrogen-bond donors (Lipinski definition) is 1. The van der Waals surface area contributed by atoms with Crippen molar-refractivity contribution in [2.75, 3.05) is 19.6 Å². The molecule has 0 unspecified atom stereocenters. The van der Waals surface area contributed by atoms with Gasteiger partial charge in [0.05, 0.1) is 0 Å². The van der Waals surface area contributed by atoms with Crippen LogP contribution in [0.1, 0.15) is 29.1 Å². The van der Waals surface area contributed by atoms with E-state index in [4.69, 9.17) is 4.42 Å². The number of oxazole rings is 1. The van der Waals surface area contributed by atoms with Gasteiger partial charge in [-0.05, 0) is 50.0 Å². The predicted octanol–water partition coefficient (Wildman–Crippen LogP) is 1.96. The molecule has 0 saturated carbocycles. The Morgan fingerprint density at radius 1 is 1.38 bits per heavy atom. The van der Waals surface area contributed by atoms with Crippen LogP contribution in [0.3, 0.4) is 0 Å². The molecule has 1 N–H and O–H groups in total. The lowest BCUT2D eigenvalue weighted by molar-refractivity contribution is 0.0620. The van der Waals surface area contributed by atoms with Crippen molar-refractivity contribution in [3.8, 4) is 0 Å². The molecule has 5 heteroatoms. The van der Waals surface area contributed by atoms with Crippen molar-refractivity contribution in [3.05, 3.63) is 29.7 Å². The van der Waals surface area contributed by atoms with Crippen LogP contribution in [0.2, 0.25) is 0 Å². The molecule has 1 amide bonds. The Kier molecular flexibility index (Phi) is 2.96. The van der Waals surface area contributed by atoms with Crippen LogP contribution in [0.5, 0.6) is 0 Å². The van der Waals surface area contributed by atoms with Crippen LogP contribution >= 0.6 is 0 Å². The summed E-state index contributed by atoms with van der Waals surface area (Å²) in [5.74, 6) is 1.25. The monoisotopic (exact) mass is 285 g/mol. The number of nitrogens with one attached hydrogen (secondary N) is 1. The minimum absolute atomic E-state index is 0.00953. The van der Waals surface area contributed by atoms with E-state index in [0.29, 0.717) is 23.0 Å². The molecule has 3 fully saturated rings. The van der Waals surface area contributed by atoms with E-state index in [1.165, 1.54) is 25.9 Å². The van der Waals surface area contributed by atoms with Crippen molar-refractivity contribution in [1.82, 2.24) is 15.2 Å². The summed E-state index contributed by atoms with van der Waals surface area (Å²) in [6, 6.07) is 5.73. The normalized spacial score (nSPS) is 28.0. The molecule has 5 nitrogen and oxygen atoms in total. The zero-order chi connectivity index (χ0) is 14.4. The average Bonchev–Trinajstić information content (AvgIpc) is 2.87. The molecule has 4 heterocycles. The summed E-state index contributed by atoms with van der Waals surface area (Å²) in [4.78, 5) is 19.1. The first-order valence-electron chi connectivity index (χ1n) is 7.59. The third kappa shape index (κ3) is 2.31. The number of nitrogens with zero attached hydrogens (tertiary/aromatic N) is 2. The lowest BCUT2D eigenvalue weighted by atomic mass is 9.84. The van der Waals surface area contributed by atoms with Crippen LogP contribution in [-0.2, 0) is 0 Å². The maximum Gasteiger partial charge on any atom is 0.251 e. The molecule has 0 spiro atoms. The average molecular weight is 285 g/mol. The van der Waals surface area contributed by atoms with Gasteiger partial charge in [-0.25, -0.2) is 4.98 Å². The van der Waals surface area contributed by atoms with Gasteiger partial charge in [-0.1, -0.05) is 0 Å². The fourth-order valence-electron chi connectivity index (χ4n) is 3.56. The Bertz CT molecular complexity index is 686. The van der Waals surface area contributed by atoms with Crippen LogP contribution in [0, 0.1) is 12.8 Å². The number of rotatable bonds is 2.